The standard InChI is InChI=1S/C18H15Cl2N3O2S/c1-2-7-23-17(24)16(10-12-9-13(19)5-6-15(12)20)26-18(23)22-21-11-14-4-3-8-25-14/h2-6,8-9,11,16H,1,7,10H2/b21-11-,22-18+/t16-/m1/s1. The third kappa shape index (κ3) is 4.38. The molecule has 0 aliphatic carbocycles. The highest BCUT2D eigenvalue weighted by atomic mass is 35.5. The molecule has 0 saturated carbocycles. The van der Waals surface area contributed by atoms with Crippen molar-refractivity contribution in [2.24, 2.45) is 10.2 Å². The van der Waals surface area contributed by atoms with Crippen molar-refractivity contribution < 1.29 is 9.21 Å². The van der Waals surface area contributed by atoms with Crippen molar-refractivity contribution >= 4 is 52.3 Å². The molecule has 0 unspecified atom stereocenters. The normalized spacial score (nSPS) is 19.0. The second-order valence-electron chi connectivity index (χ2n) is 5.43. The van der Waals surface area contributed by atoms with E-state index in [-0.39, 0.29) is 11.2 Å². The van der Waals surface area contributed by atoms with Gasteiger partial charge in [0.1, 0.15) is 5.76 Å². The maximum Gasteiger partial charge on any atom is 0.242 e. The molecule has 134 valence electrons. The summed E-state index contributed by atoms with van der Waals surface area (Å²) in [4.78, 5) is 14.3. The molecular weight excluding hydrogens is 393 g/mol. The largest absolute Gasteiger partial charge is 0.463 e. The average molecular weight is 408 g/mol. The van der Waals surface area contributed by atoms with Crippen LogP contribution >= 0.6 is 35.0 Å². The van der Waals surface area contributed by atoms with Gasteiger partial charge < -0.3 is 4.42 Å². The van der Waals surface area contributed by atoms with Crippen molar-refractivity contribution in [1.82, 2.24) is 4.90 Å². The van der Waals surface area contributed by atoms with E-state index in [1.54, 1.807) is 47.6 Å². The molecule has 1 atom stereocenters. The number of carbonyl (C=O) groups is 1. The van der Waals surface area contributed by atoms with Gasteiger partial charge in [-0.3, -0.25) is 9.69 Å². The van der Waals surface area contributed by atoms with E-state index < -0.39 is 0 Å². The Bertz CT molecular complexity index is 865. The Balaban J connectivity index is 1.79. The molecule has 26 heavy (non-hydrogen) atoms. The number of benzene rings is 1. The van der Waals surface area contributed by atoms with Crippen LogP contribution in [0.2, 0.25) is 10.0 Å². The highest BCUT2D eigenvalue weighted by Crippen LogP contribution is 2.32. The van der Waals surface area contributed by atoms with Gasteiger partial charge in [-0.05, 0) is 42.3 Å². The van der Waals surface area contributed by atoms with Crippen LogP contribution in [0.4, 0.5) is 0 Å². The quantitative estimate of drug-likeness (QED) is 0.397. The number of hydrogen-bond acceptors (Lipinski definition) is 5. The van der Waals surface area contributed by atoms with E-state index in [1.807, 2.05) is 0 Å². The second-order valence-corrected chi connectivity index (χ2v) is 7.44. The van der Waals surface area contributed by atoms with Crippen LogP contribution in [0.3, 0.4) is 0 Å². The molecule has 0 bridgehead atoms. The molecule has 0 spiro atoms. The van der Waals surface area contributed by atoms with Crippen LogP contribution in [0.15, 0.2) is 63.9 Å². The van der Waals surface area contributed by atoms with Gasteiger partial charge >= 0.3 is 0 Å². The number of thioether (sulfide) groups is 1. The summed E-state index contributed by atoms with van der Waals surface area (Å²) in [5.41, 5.74) is 0.823. The summed E-state index contributed by atoms with van der Waals surface area (Å²) in [6, 6.07) is 8.75. The van der Waals surface area contributed by atoms with Gasteiger partial charge in [-0.15, -0.1) is 11.7 Å². The van der Waals surface area contributed by atoms with E-state index in [0.717, 1.165) is 5.56 Å². The van der Waals surface area contributed by atoms with Crippen LogP contribution in [-0.4, -0.2) is 34.0 Å². The van der Waals surface area contributed by atoms with Gasteiger partial charge in [0.25, 0.3) is 0 Å². The maximum atomic E-state index is 12.7. The van der Waals surface area contributed by atoms with Crippen LogP contribution in [-0.2, 0) is 11.2 Å². The van der Waals surface area contributed by atoms with E-state index >= 15 is 0 Å². The van der Waals surface area contributed by atoms with Gasteiger partial charge in [0, 0.05) is 16.6 Å². The Morgan fingerprint density at radius 1 is 1.35 bits per heavy atom. The number of nitrogens with zero attached hydrogens (tertiary/aromatic N) is 3. The Kier molecular flexibility index (Phi) is 6.19. The first-order valence-electron chi connectivity index (χ1n) is 7.76. The summed E-state index contributed by atoms with van der Waals surface area (Å²) >= 11 is 13.6. The molecule has 2 aromatic rings. The molecule has 1 aliphatic heterocycles. The van der Waals surface area contributed by atoms with Crippen LogP contribution in [0.25, 0.3) is 0 Å². The van der Waals surface area contributed by atoms with Crippen molar-refractivity contribution in [3.8, 4) is 0 Å². The molecule has 1 amide bonds. The lowest BCUT2D eigenvalue weighted by molar-refractivity contribution is -0.125. The fraction of sp³-hybridized carbons (Fsp3) is 0.167. The molecule has 5 nitrogen and oxygen atoms in total. The first-order chi connectivity index (χ1) is 12.6. The van der Waals surface area contributed by atoms with Crippen molar-refractivity contribution in [3.05, 3.63) is 70.6 Å². The molecule has 1 aromatic heterocycles. The first-order valence-corrected chi connectivity index (χ1v) is 9.39. The van der Waals surface area contributed by atoms with Gasteiger partial charge in [-0.25, -0.2) is 0 Å². The van der Waals surface area contributed by atoms with Gasteiger partial charge in [-0.2, -0.15) is 5.10 Å². The molecule has 3 rings (SSSR count). The van der Waals surface area contributed by atoms with E-state index in [2.05, 4.69) is 16.8 Å². The molecule has 1 aromatic carbocycles. The molecule has 8 heteroatoms. The predicted molar refractivity (Wildman–Crippen MR) is 107 cm³/mol. The zero-order chi connectivity index (χ0) is 18.5. The predicted octanol–water partition coefficient (Wildman–Crippen LogP) is 4.65. The Morgan fingerprint density at radius 2 is 2.19 bits per heavy atom. The fourth-order valence-electron chi connectivity index (χ4n) is 2.41. The highest BCUT2D eigenvalue weighted by Gasteiger charge is 2.37. The lowest BCUT2D eigenvalue weighted by Gasteiger charge is -2.13. The van der Waals surface area contributed by atoms with Gasteiger partial charge in [0.15, 0.2) is 5.17 Å². The third-order valence-corrected chi connectivity index (χ3v) is 5.39. The van der Waals surface area contributed by atoms with Gasteiger partial charge in [0.2, 0.25) is 5.91 Å². The zero-order valence-electron chi connectivity index (χ0n) is 13.6. The summed E-state index contributed by atoms with van der Waals surface area (Å²) < 4.78 is 5.17. The molecule has 2 heterocycles. The topological polar surface area (TPSA) is 58.2 Å². The Hall–Kier alpha value is -2.02. The lowest BCUT2D eigenvalue weighted by atomic mass is 10.1. The Labute approximate surface area is 165 Å². The van der Waals surface area contributed by atoms with E-state index in [0.29, 0.717) is 33.9 Å². The van der Waals surface area contributed by atoms with E-state index in [1.165, 1.54) is 18.0 Å². The minimum Gasteiger partial charge on any atom is -0.463 e. The number of hydrogen-bond donors (Lipinski definition) is 0. The van der Waals surface area contributed by atoms with Crippen LogP contribution < -0.4 is 0 Å². The number of halogens is 2. The molecular formula is C18H15Cl2N3O2S. The third-order valence-electron chi connectivity index (χ3n) is 3.62. The monoisotopic (exact) mass is 407 g/mol. The van der Waals surface area contributed by atoms with Crippen molar-refractivity contribution in [1.29, 1.82) is 0 Å². The van der Waals surface area contributed by atoms with Gasteiger partial charge in [-0.1, -0.05) is 41.0 Å². The van der Waals surface area contributed by atoms with E-state index in [4.69, 9.17) is 27.6 Å². The summed E-state index contributed by atoms with van der Waals surface area (Å²) in [7, 11) is 0. The molecule has 1 aliphatic rings. The number of amides is 1. The Morgan fingerprint density at radius 3 is 2.92 bits per heavy atom. The molecule has 1 fully saturated rings. The second kappa shape index (κ2) is 8.58. The zero-order valence-corrected chi connectivity index (χ0v) is 16.0. The number of furan rings is 1. The average Bonchev–Trinajstić information content (AvgIpc) is 3.23. The molecule has 0 N–H and O–H groups in total. The van der Waals surface area contributed by atoms with Crippen molar-refractivity contribution in [3.63, 3.8) is 0 Å². The number of amidine groups is 1. The number of rotatable bonds is 6. The smallest absolute Gasteiger partial charge is 0.242 e. The van der Waals surface area contributed by atoms with Crippen LogP contribution in [0.1, 0.15) is 11.3 Å². The SMILES string of the molecule is C=CCN1C(=O)[C@@H](Cc2cc(Cl)ccc2Cl)S/C1=N/N=C\c1ccco1. The van der Waals surface area contributed by atoms with Crippen LogP contribution in [0.5, 0.6) is 0 Å². The summed E-state index contributed by atoms with van der Waals surface area (Å²) in [6.45, 7) is 4.06. The molecule has 0 radical (unpaired) electrons. The van der Waals surface area contributed by atoms with Crippen LogP contribution in [0, 0.1) is 0 Å². The lowest BCUT2D eigenvalue weighted by Crippen LogP contribution is -2.32. The molecule has 1 saturated heterocycles. The fourth-order valence-corrected chi connectivity index (χ4v) is 3.93. The van der Waals surface area contributed by atoms with E-state index in [9.17, 15) is 4.79 Å². The number of carbonyl (C=O) groups excluding carboxylic acids is 1. The van der Waals surface area contributed by atoms with Crippen molar-refractivity contribution in [2.75, 3.05) is 6.54 Å². The van der Waals surface area contributed by atoms with Gasteiger partial charge in [0.05, 0.1) is 17.7 Å². The summed E-state index contributed by atoms with van der Waals surface area (Å²) in [5.74, 6) is 0.527. The summed E-state index contributed by atoms with van der Waals surface area (Å²) in [6.07, 6.45) is 5.15. The maximum absolute atomic E-state index is 12.7. The minimum absolute atomic E-state index is 0.0575. The summed E-state index contributed by atoms with van der Waals surface area (Å²) in [5, 5.41) is 9.51. The first kappa shape index (κ1) is 18.8. The highest BCUT2D eigenvalue weighted by molar-refractivity contribution is 8.15. The minimum atomic E-state index is -0.344. The van der Waals surface area contributed by atoms with Crippen molar-refractivity contribution in [2.45, 2.75) is 11.7 Å².